The van der Waals surface area contributed by atoms with Crippen molar-refractivity contribution >= 4 is 27.9 Å². The van der Waals surface area contributed by atoms with Crippen LogP contribution in [0.15, 0.2) is 24.3 Å². The zero-order valence-electron chi connectivity index (χ0n) is 11.2. The summed E-state index contributed by atoms with van der Waals surface area (Å²) in [4.78, 5) is 2.21. The minimum absolute atomic E-state index is 0. The first-order chi connectivity index (χ1) is 8.40. The summed E-state index contributed by atoms with van der Waals surface area (Å²) < 4.78 is 23.6. The Bertz CT molecular complexity index is 533. The number of sulfone groups is 1. The van der Waals surface area contributed by atoms with E-state index in [1.165, 1.54) is 0 Å². The van der Waals surface area contributed by atoms with Crippen molar-refractivity contribution in [2.75, 3.05) is 18.0 Å². The zero-order valence-corrected chi connectivity index (χ0v) is 12.9. The minimum Gasteiger partial charge on any atom is -0.399 e. The van der Waals surface area contributed by atoms with Gasteiger partial charge in [0.1, 0.15) is 0 Å². The predicted molar refractivity (Wildman–Crippen MR) is 81.2 cm³/mol. The van der Waals surface area contributed by atoms with Crippen molar-refractivity contribution in [3.8, 4) is 0 Å². The summed E-state index contributed by atoms with van der Waals surface area (Å²) in [7, 11) is -2.91. The van der Waals surface area contributed by atoms with E-state index in [0.717, 1.165) is 17.8 Å². The fourth-order valence-corrected chi connectivity index (χ4v) is 4.01. The number of nitrogen functional groups attached to an aromatic ring is 1. The summed E-state index contributed by atoms with van der Waals surface area (Å²) in [6.07, 6.45) is 0. The van der Waals surface area contributed by atoms with Gasteiger partial charge in [0.15, 0.2) is 9.84 Å². The van der Waals surface area contributed by atoms with Crippen LogP contribution in [0.25, 0.3) is 0 Å². The smallest absolute Gasteiger partial charge is 0.155 e. The molecule has 2 unspecified atom stereocenters. The highest BCUT2D eigenvalue weighted by molar-refractivity contribution is 7.92. The Morgan fingerprint density at radius 3 is 2.68 bits per heavy atom. The highest BCUT2D eigenvalue weighted by Gasteiger charge is 2.35. The van der Waals surface area contributed by atoms with E-state index in [1.54, 1.807) is 6.92 Å². The number of nitrogens with two attached hydrogens (primary N) is 1. The SMILES string of the molecule is CC1C(C)S(=O)(=O)CCN1Cc1cccc(N)c1.Cl. The zero-order chi connectivity index (χ0) is 13.3. The van der Waals surface area contributed by atoms with Crippen LogP contribution >= 0.6 is 12.4 Å². The van der Waals surface area contributed by atoms with E-state index in [1.807, 2.05) is 31.2 Å². The van der Waals surface area contributed by atoms with Crippen molar-refractivity contribution in [2.24, 2.45) is 0 Å². The van der Waals surface area contributed by atoms with E-state index in [4.69, 9.17) is 5.73 Å². The van der Waals surface area contributed by atoms with Crippen molar-refractivity contribution < 1.29 is 8.42 Å². The van der Waals surface area contributed by atoms with E-state index in [9.17, 15) is 8.42 Å². The van der Waals surface area contributed by atoms with Crippen LogP contribution in [0.1, 0.15) is 19.4 Å². The molecule has 2 atom stereocenters. The van der Waals surface area contributed by atoms with Crippen LogP contribution in [0.2, 0.25) is 0 Å². The molecular weight excluding hydrogens is 284 g/mol. The molecule has 1 aromatic rings. The Kier molecular flexibility index (Phi) is 5.24. The Balaban J connectivity index is 0.00000180. The number of hydrogen-bond donors (Lipinski definition) is 1. The average molecular weight is 305 g/mol. The molecule has 2 N–H and O–H groups in total. The maximum absolute atomic E-state index is 11.8. The van der Waals surface area contributed by atoms with Crippen LogP contribution < -0.4 is 5.73 Å². The van der Waals surface area contributed by atoms with Gasteiger partial charge in [0.2, 0.25) is 0 Å². The van der Waals surface area contributed by atoms with Crippen LogP contribution in [0, 0.1) is 0 Å². The molecule has 4 nitrogen and oxygen atoms in total. The summed E-state index contributed by atoms with van der Waals surface area (Å²) in [5.74, 6) is 0.251. The molecule has 1 aliphatic rings. The summed E-state index contributed by atoms with van der Waals surface area (Å²) in [5, 5.41) is -0.299. The Hall–Kier alpha value is -0.780. The van der Waals surface area contributed by atoms with Gasteiger partial charge in [-0.05, 0) is 31.5 Å². The van der Waals surface area contributed by atoms with E-state index < -0.39 is 9.84 Å². The topological polar surface area (TPSA) is 63.4 Å². The normalized spacial score (nSPS) is 26.6. The summed E-state index contributed by atoms with van der Waals surface area (Å²) in [6.45, 7) is 5.13. The first-order valence-corrected chi connectivity index (χ1v) is 7.92. The second kappa shape index (κ2) is 6.11. The number of hydrogen-bond acceptors (Lipinski definition) is 4. The summed E-state index contributed by atoms with van der Waals surface area (Å²) >= 11 is 0. The Labute approximate surface area is 121 Å². The maximum Gasteiger partial charge on any atom is 0.155 e. The van der Waals surface area contributed by atoms with Crippen LogP contribution in [-0.4, -0.2) is 36.9 Å². The second-order valence-corrected chi connectivity index (χ2v) is 7.51. The molecule has 1 saturated heterocycles. The van der Waals surface area contributed by atoms with Gasteiger partial charge in [-0.2, -0.15) is 0 Å². The number of benzene rings is 1. The standard InChI is InChI=1S/C13H20N2O2S.ClH/c1-10-11(2)18(16,17)7-6-15(10)9-12-4-3-5-13(14)8-12;/h3-5,8,10-11H,6-7,9,14H2,1-2H3;1H. The molecule has 108 valence electrons. The third-order valence-electron chi connectivity index (χ3n) is 3.82. The van der Waals surface area contributed by atoms with Gasteiger partial charge in [-0.1, -0.05) is 12.1 Å². The third-order valence-corrected chi connectivity index (χ3v) is 6.10. The lowest BCUT2D eigenvalue weighted by atomic mass is 10.1. The molecule has 1 fully saturated rings. The Morgan fingerprint density at radius 2 is 2.05 bits per heavy atom. The number of anilines is 1. The average Bonchev–Trinajstić information content (AvgIpc) is 2.31. The highest BCUT2D eigenvalue weighted by Crippen LogP contribution is 2.21. The molecule has 1 aromatic carbocycles. The molecule has 0 saturated carbocycles. The fourth-order valence-electron chi connectivity index (χ4n) is 2.38. The minimum atomic E-state index is -2.91. The first kappa shape index (κ1) is 16.3. The molecule has 19 heavy (non-hydrogen) atoms. The van der Waals surface area contributed by atoms with Crippen LogP contribution in [0.3, 0.4) is 0 Å². The molecule has 0 aromatic heterocycles. The molecule has 0 spiro atoms. The van der Waals surface area contributed by atoms with Crippen molar-refractivity contribution in [1.29, 1.82) is 0 Å². The van der Waals surface area contributed by atoms with Gasteiger partial charge in [-0.15, -0.1) is 12.4 Å². The quantitative estimate of drug-likeness (QED) is 0.845. The number of nitrogens with zero attached hydrogens (tertiary/aromatic N) is 1. The molecule has 0 bridgehead atoms. The molecule has 0 amide bonds. The lowest BCUT2D eigenvalue weighted by Crippen LogP contribution is -2.51. The maximum atomic E-state index is 11.8. The van der Waals surface area contributed by atoms with Gasteiger partial charge in [0, 0.05) is 24.8 Å². The van der Waals surface area contributed by atoms with Gasteiger partial charge in [0.25, 0.3) is 0 Å². The molecule has 1 heterocycles. The molecule has 2 rings (SSSR count). The largest absolute Gasteiger partial charge is 0.399 e. The van der Waals surface area contributed by atoms with Crippen molar-refractivity contribution in [3.05, 3.63) is 29.8 Å². The molecular formula is C13H21ClN2O2S. The molecule has 0 radical (unpaired) electrons. The number of rotatable bonds is 2. The summed E-state index contributed by atoms with van der Waals surface area (Å²) in [5.41, 5.74) is 7.64. The molecule has 6 heteroatoms. The van der Waals surface area contributed by atoms with Gasteiger partial charge in [-0.25, -0.2) is 8.42 Å². The Morgan fingerprint density at radius 1 is 1.37 bits per heavy atom. The van der Waals surface area contributed by atoms with Crippen molar-refractivity contribution in [3.63, 3.8) is 0 Å². The molecule has 0 aliphatic carbocycles. The van der Waals surface area contributed by atoms with E-state index >= 15 is 0 Å². The predicted octanol–water partition coefficient (Wildman–Crippen LogP) is 1.70. The van der Waals surface area contributed by atoms with Crippen LogP contribution in [0.5, 0.6) is 0 Å². The third kappa shape index (κ3) is 3.61. The van der Waals surface area contributed by atoms with Crippen molar-refractivity contribution in [2.45, 2.75) is 31.7 Å². The second-order valence-electron chi connectivity index (χ2n) is 5.03. The van der Waals surface area contributed by atoms with Gasteiger partial charge >= 0.3 is 0 Å². The summed E-state index contributed by atoms with van der Waals surface area (Å²) in [6, 6.07) is 7.80. The van der Waals surface area contributed by atoms with Gasteiger partial charge < -0.3 is 5.73 Å². The lowest BCUT2D eigenvalue weighted by molar-refractivity contribution is 0.197. The monoisotopic (exact) mass is 304 g/mol. The molecule has 1 aliphatic heterocycles. The van der Waals surface area contributed by atoms with E-state index in [-0.39, 0.29) is 29.5 Å². The van der Waals surface area contributed by atoms with Crippen LogP contribution in [-0.2, 0) is 16.4 Å². The van der Waals surface area contributed by atoms with Gasteiger partial charge in [0.05, 0.1) is 11.0 Å². The first-order valence-electron chi connectivity index (χ1n) is 6.20. The fraction of sp³-hybridized carbons (Fsp3) is 0.538. The van der Waals surface area contributed by atoms with E-state index in [2.05, 4.69) is 4.90 Å². The number of halogens is 1. The van der Waals surface area contributed by atoms with Crippen LogP contribution in [0.4, 0.5) is 5.69 Å². The van der Waals surface area contributed by atoms with Gasteiger partial charge in [-0.3, -0.25) is 4.90 Å². The van der Waals surface area contributed by atoms with Crippen molar-refractivity contribution in [1.82, 2.24) is 4.90 Å². The van der Waals surface area contributed by atoms with E-state index in [0.29, 0.717) is 6.54 Å². The lowest BCUT2D eigenvalue weighted by Gasteiger charge is -2.37. The highest BCUT2D eigenvalue weighted by atomic mass is 35.5.